The Balaban J connectivity index is 0.00000342. The Hall–Kier alpha value is -2.60. The Morgan fingerprint density at radius 2 is 1.83 bits per heavy atom. The van der Waals surface area contributed by atoms with Gasteiger partial charge < -0.3 is 25.7 Å². The molecule has 3 aromatic rings. The maximum Gasteiger partial charge on any atom is 0.192 e. The third-order valence-electron chi connectivity index (χ3n) is 5.42. The van der Waals surface area contributed by atoms with Crippen molar-refractivity contribution in [3.8, 4) is 22.1 Å². The van der Waals surface area contributed by atoms with E-state index in [0.717, 1.165) is 54.0 Å². The summed E-state index contributed by atoms with van der Waals surface area (Å²) in [6.45, 7) is 9.01. The number of ether oxygens (including phenoxy) is 3. The summed E-state index contributed by atoms with van der Waals surface area (Å²) in [5.41, 5.74) is 13.6. The van der Waals surface area contributed by atoms with Crippen LogP contribution in [0.5, 0.6) is 11.5 Å². The quantitative estimate of drug-likeness (QED) is 0.313. The third-order valence-corrected chi connectivity index (χ3v) is 7.43. The lowest BCUT2D eigenvalue weighted by atomic mass is 10.2. The first-order chi connectivity index (χ1) is 16.4. The lowest BCUT2D eigenvalue weighted by Gasteiger charge is -2.26. The molecular weight excluding hydrogens is 484 g/mol. The fourth-order valence-electron chi connectivity index (χ4n) is 3.67. The van der Waals surface area contributed by atoms with E-state index in [1.54, 1.807) is 24.5 Å². The summed E-state index contributed by atoms with van der Waals surface area (Å²) in [6.07, 6.45) is 0. The fraction of sp³-hybridized carbons (Fsp3) is 0.458. The van der Waals surface area contributed by atoms with E-state index in [-0.39, 0.29) is 12.7 Å². The first kappa shape index (κ1) is 27.0. The maximum absolute atomic E-state index is 6.10. The second-order valence-electron chi connectivity index (χ2n) is 7.89. The number of thiazole rings is 1. The molecule has 1 saturated heterocycles. The summed E-state index contributed by atoms with van der Waals surface area (Å²) in [5, 5.41) is 1.50. The molecule has 1 aliphatic rings. The average Bonchev–Trinajstić information content (AvgIpc) is 3.21. The molecule has 0 bridgehead atoms. The smallest absolute Gasteiger partial charge is 0.192 e. The van der Waals surface area contributed by atoms with Crippen molar-refractivity contribution in [2.45, 2.75) is 31.7 Å². The highest BCUT2D eigenvalue weighted by Gasteiger charge is 2.19. The number of benzene rings is 1. The van der Waals surface area contributed by atoms with Crippen molar-refractivity contribution in [2.24, 2.45) is 0 Å². The molecule has 0 aliphatic carbocycles. The SMILES string of the molecule is C.COc1ccc(-c2nc([C@H](C)Sc3nc(N)cc(N)n3)c(C)s2)cc1OCCN1CCOCC1. The van der Waals surface area contributed by atoms with Crippen molar-refractivity contribution in [3.05, 3.63) is 34.8 Å². The van der Waals surface area contributed by atoms with Gasteiger partial charge in [-0.15, -0.1) is 11.3 Å². The Bertz CT molecular complexity index is 1100. The molecule has 0 saturated carbocycles. The number of hydrogen-bond acceptors (Lipinski definition) is 11. The highest BCUT2D eigenvalue weighted by molar-refractivity contribution is 7.99. The van der Waals surface area contributed by atoms with Gasteiger partial charge in [0.15, 0.2) is 16.7 Å². The molecule has 0 spiro atoms. The van der Waals surface area contributed by atoms with E-state index in [1.165, 1.54) is 11.8 Å². The number of nitrogen functional groups attached to an aromatic ring is 2. The maximum atomic E-state index is 6.10. The zero-order valence-electron chi connectivity index (χ0n) is 19.6. The van der Waals surface area contributed by atoms with E-state index in [9.17, 15) is 0 Å². The lowest BCUT2D eigenvalue weighted by Crippen LogP contribution is -2.38. The van der Waals surface area contributed by atoms with Gasteiger partial charge >= 0.3 is 0 Å². The van der Waals surface area contributed by atoms with Crippen LogP contribution in [-0.2, 0) is 4.74 Å². The number of aromatic nitrogens is 3. The number of morpholine rings is 1. The number of hydrogen-bond donors (Lipinski definition) is 2. The minimum absolute atomic E-state index is 0. The number of nitrogens with two attached hydrogens (primary N) is 2. The molecule has 0 amide bonds. The molecule has 9 nitrogen and oxygen atoms in total. The molecule has 190 valence electrons. The molecule has 1 aromatic carbocycles. The molecule has 1 fully saturated rings. The van der Waals surface area contributed by atoms with Gasteiger partial charge in [0.05, 0.1) is 31.3 Å². The zero-order valence-corrected chi connectivity index (χ0v) is 21.2. The number of aryl methyl sites for hydroxylation is 1. The first-order valence-corrected chi connectivity index (χ1v) is 12.8. The van der Waals surface area contributed by atoms with Gasteiger partial charge in [0.2, 0.25) is 0 Å². The van der Waals surface area contributed by atoms with Crippen LogP contribution in [0, 0.1) is 6.92 Å². The summed E-state index contributed by atoms with van der Waals surface area (Å²) in [7, 11) is 1.65. The van der Waals surface area contributed by atoms with E-state index in [4.69, 9.17) is 30.7 Å². The van der Waals surface area contributed by atoms with Gasteiger partial charge in [-0.3, -0.25) is 4.90 Å². The van der Waals surface area contributed by atoms with Gasteiger partial charge in [0, 0.05) is 36.1 Å². The second-order valence-corrected chi connectivity index (χ2v) is 10.4. The van der Waals surface area contributed by atoms with Gasteiger partial charge in [-0.2, -0.15) is 0 Å². The molecule has 1 aliphatic heterocycles. The predicted octanol–water partition coefficient (Wildman–Crippen LogP) is 4.28. The molecule has 11 heteroatoms. The van der Waals surface area contributed by atoms with E-state index in [2.05, 4.69) is 28.7 Å². The van der Waals surface area contributed by atoms with Crippen molar-refractivity contribution >= 4 is 34.7 Å². The summed E-state index contributed by atoms with van der Waals surface area (Å²) < 4.78 is 17.0. The molecule has 2 aromatic heterocycles. The van der Waals surface area contributed by atoms with Crippen LogP contribution in [0.3, 0.4) is 0 Å². The normalized spacial score (nSPS) is 14.8. The molecular formula is C24H34N6O3S2. The van der Waals surface area contributed by atoms with Gasteiger partial charge in [0.1, 0.15) is 23.3 Å². The van der Waals surface area contributed by atoms with E-state index >= 15 is 0 Å². The topological polar surface area (TPSA) is 122 Å². The third kappa shape index (κ3) is 6.97. The van der Waals surface area contributed by atoms with Crippen molar-refractivity contribution in [3.63, 3.8) is 0 Å². The standard InChI is InChI=1S/C23H30N6O3S2.CH4/c1-14-21(15(2)34-23-26-19(24)13-20(25)27-23)28-22(33-14)16-4-5-17(30-3)18(12-16)32-11-8-29-6-9-31-10-7-29;/h4-5,12-13,15H,6-11H2,1-3H3,(H4,24,25,26,27);1H4/t15-;/m0./s1. The van der Waals surface area contributed by atoms with E-state index < -0.39 is 0 Å². The van der Waals surface area contributed by atoms with Crippen LogP contribution in [0.15, 0.2) is 29.4 Å². The van der Waals surface area contributed by atoms with E-state index in [1.807, 2.05) is 18.2 Å². The Labute approximate surface area is 215 Å². The van der Waals surface area contributed by atoms with Crippen LogP contribution in [0.2, 0.25) is 0 Å². The van der Waals surface area contributed by atoms with Crippen molar-refractivity contribution < 1.29 is 14.2 Å². The summed E-state index contributed by atoms with van der Waals surface area (Å²) in [5.74, 6) is 2.14. The lowest BCUT2D eigenvalue weighted by molar-refractivity contribution is 0.0321. The van der Waals surface area contributed by atoms with Crippen LogP contribution in [-0.4, -0.2) is 66.4 Å². The van der Waals surface area contributed by atoms with Crippen LogP contribution >= 0.6 is 23.1 Å². The molecule has 0 radical (unpaired) electrons. The number of methoxy groups -OCH3 is 1. The Morgan fingerprint density at radius 3 is 2.51 bits per heavy atom. The van der Waals surface area contributed by atoms with Crippen LogP contribution < -0.4 is 20.9 Å². The predicted molar refractivity (Wildman–Crippen MR) is 143 cm³/mol. The molecule has 1 atom stereocenters. The van der Waals surface area contributed by atoms with Crippen LogP contribution in [0.4, 0.5) is 11.6 Å². The second kappa shape index (κ2) is 12.4. The van der Waals surface area contributed by atoms with Crippen molar-refractivity contribution in [2.75, 3.05) is 58.0 Å². The van der Waals surface area contributed by atoms with Crippen molar-refractivity contribution in [1.29, 1.82) is 0 Å². The van der Waals surface area contributed by atoms with Crippen LogP contribution in [0.1, 0.15) is 30.2 Å². The highest BCUT2D eigenvalue weighted by atomic mass is 32.2. The molecule has 4 rings (SSSR count). The fourth-order valence-corrected chi connectivity index (χ4v) is 5.72. The number of rotatable bonds is 9. The van der Waals surface area contributed by atoms with Gasteiger partial charge in [0.25, 0.3) is 0 Å². The Kier molecular flexibility index (Phi) is 9.55. The summed E-state index contributed by atoms with van der Waals surface area (Å²) in [4.78, 5) is 17.0. The number of anilines is 2. The van der Waals surface area contributed by atoms with Gasteiger partial charge in [-0.05, 0) is 32.0 Å². The van der Waals surface area contributed by atoms with Crippen LogP contribution in [0.25, 0.3) is 10.6 Å². The van der Waals surface area contributed by atoms with Crippen molar-refractivity contribution in [1.82, 2.24) is 19.9 Å². The number of nitrogens with zero attached hydrogens (tertiary/aromatic N) is 4. The van der Waals surface area contributed by atoms with E-state index in [0.29, 0.717) is 34.9 Å². The minimum Gasteiger partial charge on any atom is -0.493 e. The largest absolute Gasteiger partial charge is 0.493 e. The number of thioether (sulfide) groups is 1. The Morgan fingerprint density at radius 1 is 1.11 bits per heavy atom. The highest BCUT2D eigenvalue weighted by Crippen LogP contribution is 2.40. The molecule has 3 heterocycles. The molecule has 4 N–H and O–H groups in total. The summed E-state index contributed by atoms with van der Waals surface area (Å²) in [6, 6.07) is 7.48. The average molecular weight is 519 g/mol. The first-order valence-electron chi connectivity index (χ1n) is 11.1. The zero-order chi connectivity index (χ0) is 24.1. The molecule has 35 heavy (non-hydrogen) atoms. The van der Waals surface area contributed by atoms with Gasteiger partial charge in [-0.1, -0.05) is 19.2 Å². The summed E-state index contributed by atoms with van der Waals surface area (Å²) >= 11 is 3.13. The molecule has 0 unspecified atom stereocenters. The minimum atomic E-state index is 0. The van der Waals surface area contributed by atoms with Gasteiger partial charge in [-0.25, -0.2) is 15.0 Å². The monoisotopic (exact) mass is 518 g/mol.